The number of hydrogen-bond acceptors (Lipinski definition) is 3. The monoisotopic (exact) mass is 289 g/mol. The maximum atomic E-state index is 12.1. The Morgan fingerprint density at radius 2 is 1.80 bits per heavy atom. The molecule has 0 bridgehead atoms. The third kappa shape index (κ3) is 4.38. The molecule has 0 aromatic heterocycles. The first-order valence-corrected chi connectivity index (χ1v) is 6.70. The van der Waals surface area contributed by atoms with Gasteiger partial charge < -0.3 is 15.2 Å². The lowest BCUT2D eigenvalue weighted by Crippen LogP contribution is -2.32. The van der Waals surface area contributed by atoms with Crippen LogP contribution in [0.2, 0.25) is 0 Å². The second-order valence-corrected chi connectivity index (χ2v) is 5.00. The topological polar surface area (TPSA) is 41.5 Å². The van der Waals surface area contributed by atoms with E-state index < -0.39 is 6.36 Å². The van der Waals surface area contributed by atoms with Gasteiger partial charge >= 0.3 is 6.36 Å². The number of rotatable bonds is 5. The Hall–Kier alpha value is -1.27. The second-order valence-electron chi connectivity index (χ2n) is 5.00. The predicted octanol–water partition coefficient (Wildman–Crippen LogP) is 3.15. The standard InChI is InChI=1S/C14H18F3NO2/c15-14(16,17)20-12-7-5-10(6-8-12)13(9-19)18-11-3-1-2-4-11/h5-8,11,13,18-19H,1-4,9H2. The van der Waals surface area contributed by atoms with Crippen LogP contribution in [0.15, 0.2) is 24.3 Å². The summed E-state index contributed by atoms with van der Waals surface area (Å²) in [5, 5.41) is 12.8. The van der Waals surface area contributed by atoms with E-state index in [1.54, 1.807) is 12.1 Å². The summed E-state index contributed by atoms with van der Waals surface area (Å²) in [6.45, 7) is -0.0873. The van der Waals surface area contributed by atoms with E-state index in [0.29, 0.717) is 6.04 Å². The number of nitrogens with one attached hydrogen (secondary N) is 1. The fourth-order valence-corrected chi connectivity index (χ4v) is 2.53. The lowest BCUT2D eigenvalue weighted by molar-refractivity contribution is -0.274. The molecule has 2 N–H and O–H groups in total. The molecule has 6 heteroatoms. The van der Waals surface area contributed by atoms with Gasteiger partial charge in [0.25, 0.3) is 0 Å². The summed E-state index contributed by atoms with van der Waals surface area (Å²) in [6.07, 6.45) is -0.181. The van der Waals surface area contributed by atoms with Gasteiger partial charge in [-0.3, -0.25) is 0 Å². The molecule has 0 heterocycles. The molecule has 0 aliphatic heterocycles. The molecule has 1 aromatic rings. The van der Waals surface area contributed by atoms with Crippen molar-refractivity contribution in [2.45, 2.75) is 44.1 Å². The van der Waals surface area contributed by atoms with E-state index in [9.17, 15) is 18.3 Å². The molecule has 1 unspecified atom stereocenters. The number of ether oxygens (including phenoxy) is 1. The molecule has 0 spiro atoms. The van der Waals surface area contributed by atoms with Crippen LogP contribution in [0.1, 0.15) is 37.3 Å². The van der Waals surface area contributed by atoms with Crippen molar-refractivity contribution in [3.05, 3.63) is 29.8 Å². The molecule has 20 heavy (non-hydrogen) atoms. The molecule has 1 fully saturated rings. The average Bonchev–Trinajstić information content (AvgIpc) is 2.88. The minimum atomic E-state index is -4.68. The molecule has 3 nitrogen and oxygen atoms in total. The molecular formula is C14H18F3NO2. The van der Waals surface area contributed by atoms with Crippen LogP contribution < -0.4 is 10.1 Å². The Morgan fingerprint density at radius 1 is 1.20 bits per heavy atom. The van der Waals surface area contributed by atoms with Crippen molar-refractivity contribution >= 4 is 0 Å². The first-order valence-electron chi connectivity index (χ1n) is 6.70. The zero-order valence-electron chi connectivity index (χ0n) is 11.0. The third-order valence-electron chi connectivity index (χ3n) is 3.49. The van der Waals surface area contributed by atoms with Crippen molar-refractivity contribution in [3.8, 4) is 5.75 Å². The van der Waals surface area contributed by atoms with Crippen LogP contribution in [-0.4, -0.2) is 24.1 Å². The molecular weight excluding hydrogens is 271 g/mol. The van der Waals surface area contributed by atoms with E-state index in [-0.39, 0.29) is 18.4 Å². The predicted molar refractivity (Wildman–Crippen MR) is 68.3 cm³/mol. The van der Waals surface area contributed by atoms with Crippen molar-refractivity contribution in [2.75, 3.05) is 6.61 Å². The Morgan fingerprint density at radius 3 is 2.30 bits per heavy atom. The molecule has 1 saturated carbocycles. The second kappa shape index (κ2) is 6.45. The Labute approximate surface area is 115 Å². The van der Waals surface area contributed by atoms with Gasteiger partial charge in [-0.15, -0.1) is 13.2 Å². The largest absolute Gasteiger partial charge is 0.573 e. The van der Waals surface area contributed by atoms with Gasteiger partial charge in [-0.2, -0.15) is 0 Å². The normalized spacial score (nSPS) is 18.2. The quantitative estimate of drug-likeness (QED) is 0.875. The van der Waals surface area contributed by atoms with Crippen molar-refractivity contribution in [3.63, 3.8) is 0 Å². The van der Waals surface area contributed by atoms with Gasteiger partial charge in [-0.25, -0.2) is 0 Å². The zero-order chi connectivity index (χ0) is 14.6. The Bertz CT molecular complexity index is 413. The summed E-state index contributed by atoms with van der Waals surface area (Å²) in [4.78, 5) is 0. The maximum Gasteiger partial charge on any atom is 0.573 e. The van der Waals surface area contributed by atoms with Gasteiger partial charge in [-0.05, 0) is 30.5 Å². The number of benzene rings is 1. The summed E-state index contributed by atoms with van der Waals surface area (Å²) >= 11 is 0. The van der Waals surface area contributed by atoms with Crippen LogP contribution >= 0.6 is 0 Å². The van der Waals surface area contributed by atoms with Gasteiger partial charge in [0.1, 0.15) is 5.75 Å². The summed E-state index contributed by atoms with van der Waals surface area (Å²) in [5.41, 5.74) is 0.758. The SMILES string of the molecule is OCC(NC1CCCC1)c1ccc(OC(F)(F)F)cc1. The van der Waals surface area contributed by atoms with Crippen LogP contribution in [-0.2, 0) is 0 Å². The summed E-state index contributed by atoms with van der Waals surface area (Å²) < 4.78 is 40.0. The van der Waals surface area contributed by atoms with Gasteiger partial charge in [-0.1, -0.05) is 25.0 Å². The van der Waals surface area contributed by atoms with E-state index in [4.69, 9.17) is 0 Å². The van der Waals surface area contributed by atoms with E-state index >= 15 is 0 Å². The molecule has 0 amide bonds. The highest BCUT2D eigenvalue weighted by molar-refractivity contribution is 5.29. The van der Waals surface area contributed by atoms with E-state index in [0.717, 1.165) is 18.4 Å². The smallest absolute Gasteiger partial charge is 0.406 e. The first-order chi connectivity index (χ1) is 9.48. The van der Waals surface area contributed by atoms with Crippen LogP contribution in [0, 0.1) is 0 Å². The van der Waals surface area contributed by atoms with Crippen molar-refractivity contribution in [1.29, 1.82) is 0 Å². The van der Waals surface area contributed by atoms with Crippen LogP contribution in [0.3, 0.4) is 0 Å². The zero-order valence-corrected chi connectivity index (χ0v) is 11.0. The van der Waals surface area contributed by atoms with E-state index in [2.05, 4.69) is 10.1 Å². The summed E-state index contributed by atoms with van der Waals surface area (Å²) in [7, 11) is 0. The van der Waals surface area contributed by atoms with Gasteiger partial charge in [0.2, 0.25) is 0 Å². The van der Waals surface area contributed by atoms with Crippen LogP contribution in [0.5, 0.6) is 5.75 Å². The summed E-state index contributed by atoms with van der Waals surface area (Å²) in [6, 6.07) is 5.74. The minimum Gasteiger partial charge on any atom is -0.406 e. The fourth-order valence-electron chi connectivity index (χ4n) is 2.53. The highest BCUT2D eigenvalue weighted by Gasteiger charge is 2.31. The number of hydrogen-bond donors (Lipinski definition) is 2. The van der Waals surface area contributed by atoms with Crippen LogP contribution in [0.25, 0.3) is 0 Å². The Kier molecular flexibility index (Phi) is 4.88. The lowest BCUT2D eigenvalue weighted by Gasteiger charge is -2.21. The highest BCUT2D eigenvalue weighted by atomic mass is 19.4. The number of aliphatic hydroxyl groups is 1. The molecule has 2 rings (SSSR count). The molecule has 1 atom stereocenters. The molecule has 1 aromatic carbocycles. The fraction of sp³-hybridized carbons (Fsp3) is 0.571. The van der Waals surface area contributed by atoms with Gasteiger partial charge in [0.05, 0.1) is 12.6 Å². The van der Waals surface area contributed by atoms with E-state index in [1.807, 2.05) is 0 Å². The Balaban J connectivity index is 1.99. The maximum absolute atomic E-state index is 12.1. The van der Waals surface area contributed by atoms with Crippen molar-refractivity contribution < 1.29 is 23.0 Å². The number of halogens is 3. The first kappa shape index (κ1) is 15.1. The lowest BCUT2D eigenvalue weighted by atomic mass is 10.1. The van der Waals surface area contributed by atoms with Crippen molar-refractivity contribution in [2.24, 2.45) is 0 Å². The third-order valence-corrected chi connectivity index (χ3v) is 3.49. The van der Waals surface area contributed by atoms with Gasteiger partial charge in [0, 0.05) is 6.04 Å². The minimum absolute atomic E-state index is 0.0873. The molecule has 0 saturated heterocycles. The number of aliphatic hydroxyl groups excluding tert-OH is 1. The molecule has 1 aliphatic carbocycles. The van der Waals surface area contributed by atoms with Crippen LogP contribution in [0.4, 0.5) is 13.2 Å². The highest BCUT2D eigenvalue weighted by Crippen LogP contribution is 2.26. The van der Waals surface area contributed by atoms with Crippen molar-refractivity contribution in [1.82, 2.24) is 5.32 Å². The summed E-state index contributed by atoms with van der Waals surface area (Å²) in [5.74, 6) is -0.251. The average molecular weight is 289 g/mol. The molecule has 112 valence electrons. The molecule has 0 radical (unpaired) electrons. The number of alkyl halides is 3. The van der Waals surface area contributed by atoms with Gasteiger partial charge in [0.15, 0.2) is 0 Å². The molecule has 1 aliphatic rings. The van der Waals surface area contributed by atoms with E-state index in [1.165, 1.54) is 25.0 Å².